The lowest BCUT2D eigenvalue weighted by Gasteiger charge is -2.14. The van der Waals surface area contributed by atoms with Crippen molar-refractivity contribution in [2.24, 2.45) is 0 Å². The molecule has 1 atom stereocenters. The largest absolute Gasteiger partial charge is 0.398 e. The normalized spacial score (nSPS) is 12.2. The van der Waals surface area contributed by atoms with Crippen LogP contribution in [-0.4, -0.2) is 10.9 Å². The van der Waals surface area contributed by atoms with Crippen LogP contribution in [0.3, 0.4) is 0 Å². The number of carbonyl (C=O) groups excluding carboxylic acids is 1. The molecule has 0 aliphatic heterocycles. The van der Waals surface area contributed by atoms with Gasteiger partial charge in [0.2, 0.25) is 0 Å². The summed E-state index contributed by atoms with van der Waals surface area (Å²) in [6, 6.07) is 3.56. The van der Waals surface area contributed by atoms with Crippen LogP contribution in [0, 0.1) is 20.8 Å². The van der Waals surface area contributed by atoms with E-state index in [1.54, 1.807) is 17.4 Å². The molecule has 0 spiro atoms. The van der Waals surface area contributed by atoms with Crippen LogP contribution in [0.15, 0.2) is 18.3 Å². The Balaban J connectivity index is 2.18. The summed E-state index contributed by atoms with van der Waals surface area (Å²) in [5.74, 6) is -0.116. The molecule has 0 saturated carbocycles. The third kappa shape index (κ3) is 2.99. The molecule has 1 aromatic heterocycles. The fraction of sp³-hybridized carbons (Fsp3) is 0.333. The van der Waals surface area contributed by atoms with Crippen molar-refractivity contribution in [1.29, 1.82) is 0 Å². The fourth-order valence-corrected chi connectivity index (χ4v) is 2.80. The molecule has 20 heavy (non-hydrogen) atoms. The molecule has 1 unspecified atom stereocenters. The topological polar surface area (TPSA) is 68.0 Å². The molecule has 3 N–H and O–H groups in total. The highest BCUT2D eigenvalue weighted by molar-refractivity contribution is 7.11. The van der Waals surface area contributed by atoms with E-state index in [9.17, 15) is 4.79 Å². The Morgan fingerprint density at radius 3 is 2.60 bits per heavy atom. The Morgan fingerprint density at radius 1 is 1.30 bits per heavy atom. The highest BCUT2D eigenvalue weighted by atomic mass is 32.1. The average Bonchev–Trinajstić information content (AvgIpc) is 2.80. The lowest BCUT2D eigenvalue weighted by molar-refractivity contribution is 0.0939. The van der Waals surface area contributed by atoms with Gasteiger partial charge in [-0.3, -0.25) is 4.79 Å². The lowest BCUT2D eigenvalue weighted by Crippen LogP contribution is -2.27. The Kier molecular flexibility index (Phi) is 4.09. The zero-order chi connectivity index (χ0) is 14.9. The summed E-state index contributed by atoms with van der Waals surface area (Å²) in [5, 5.41) is 3.88. The number of anilines is 1. The van der Waals surface area contributed by atoms with Crippen molar-refractivity contribution in [3.05, 3.63) is 44.9 Å². The number of hydrogen-bond donors (Lipinski definition) is 2. The van der Waals surface area contributed by atoms with Crippen LogP contribution in [0.2, 0.25) is 0 Å². The van der Waals surface area contributed by atoms with Gasteiger partial charge in [-0.15, -0.1) is 11.3 Å². The highest BCUT2D eigenvalue weighted by Gasteiger charge is 2.16. The van der Waals surface area contributed by atoms with Gasteiger partial charge in [-0.2, -0.15) is 0 Å². The molecule has 0 aliphatic rings. The van der Waals surface area contributed by atoms with Crippen LogP contribution in [0.5, 0.6) is 0 Å². The van der Waals surface area contributed by atoms with Gasteiger partial charge < -0.3 is 11.1 Å². The highest BCUT2D eigenvalue weighted by Crippen LogP contribution is 2.21. The van der Waals surface area contributed by atoms with Gasteiger partial charge in [0.1, 0.15) is 5.01 Å². The minimum Gasteiger partial charge on any atom is -0.398 e. The maximum absolute atomic E-state index is 12.3. The summed E-state index contributed by atoms with van der Waals surface area (Å²) in [6.45, 7) is 7.79. The molecule has 0 fully saturated rings. The molecule has 5 heteroatoms. The summed E-state index contributed by atoms with van der Waals surface area (Å²) in [4.78, 5) is 17.8. The van der Waals surface area contributed by atoms with E-state index in [-0.39, 0.29) is 11.9 Å². The van der Waals surface area contributed by atoms with E-state index in [0.29, 0.717) is 11.3 Å². The van der Waals surface area contributed by atoms with Crippen molar-refractivity contribution in [1.82, 2.24) is 10.3 Å². The smallest absolute Gasteiger partial charge is 0.252 e. The second-order valence-corrected chi connectivity index (χ2v) is 6.29. The quantitative estimate of drug-likeness (QED) is 0.853. The molecular weight excluding hydrogens is 270 g/mol. The third-order valence-corrected chi connectivity index (χ3v) is 4.31. The number of nitrogens with two attached hydrogens (primary N) is 1. The summed E-state index contributed by atoms with van der Waals surface area (Å²) in [6.07, 6.45) is 1.82. The molecule has 2 rings (SSSR count). The molecule has 2 aromatic rings. The summed E-state index contributed by atoms with van der Waals surface area (Å²) >= 11 is 1.59. The van der Waals surface area contributed by atoms with Gasteiger partial charge in [0.25, 0.3) is 5.91 Å². The van der Waals surface area contributed by atoms with Gasteiger partial charge in [0, 0.05) is 22.3 Å². The van der Waals surface area contributed by atoms with Crippen molar-refractivity contribution < 1.29 is 4.79 Å². The Bertz CT molecular complexity index is 649. The maximum atomic E-state index is 12.3. The van der Waals surface area contributed by atoms with Gasteiger partial charge in [0.15, 0.2) is 0 Å². The van der Waals surface area contributed by atoms with Crippen LogP contribution in [0.1, 0.15) is 44.3 Å². The van der Waals surface area contributed by atoms with Crippen LogP contribution in [0.4, 0.5) is 5.69 Å². The van der Waals surface area contributed by atoms with Crippen LogP contribution in [0.25, 0.3) is 0 Å². The van der Waals surface area contributed by atoms with Crippen molar-refractivity contribution in [2.75, 3.05) is 5.73 Å². The van der Waals surface area contributed by atoms with E-state index in [1.165, 1.54) is 0 Å². The number of carbonyl (C=O) groups is 1. The summed E-state index contributed by atoms with van der Waals surface area (Å²) in [7, 11) is 0. The molecule has 1 heterocycles. The lowest BCUT2D eigenvalue weighted by atomic mass is 10.0. The Labute approximate surface area is 123 Å². The molecule has 0 bridgehead atoms. The van der Waals surface area contributed by atoms with Gasteiger partial charge in [0.05, 0.1) is 6.04 Å². The van der Waals surface area contributed by atoms with Crippen molar-refractivity contribution >= 4 is 22.9 Å². The van der Waals surface area contributed by atoms with Crippen LogP contribution in [-0.2, 0) is 0 Å². The second-order valence-electron chi connectivity index (χ2n) is 5.03. The van der Waals surface area contributed by atoms with Crippen molar-refractivity contribution in [3.8, 4) is 0 Å². The monoisotopic (exact) mass is 289 g/mol. The SMILES string of the molecule is Cc1cnc(C(C)NC(=O)c2cc(N)c(C)cc2C)s1. The Morgan fingerprint density at radius 2 is 2.00 bits per heavy atom. The Hall–Kier alpha value is -1.88. The zero-order valence-electron chi connectivity index (χ0n) is 12.2. The van der Waals surface area contributed by atoms with E-state index >= 15 is 0 Å². The molecule has 4 nitrogen and oxygen atoms in total. The number of aryl methyl sites for hydroxylation is 3. The van der Waals surface area contributed by atoms with Gasteiger partial charge in [-0.25, -0.2) is 4.98 Å². The first-order chi connectivity index (χ1) is 9.38. The maximum Gasteiger partial charge on any atom is 0.252 e. The molecule has 106 valence electrons. The molecule has 0 aliphatic carbocycles. The molecule has 1 amide bonds. The summed E-state index contributed by atoms with van der Waals surface area (Å²) < 4.78 is 0. The minimum absolute atomic E-state index is 0.108. The van der Waals surface area contributed by atoms with Gasteiger partial charge >= 0.3 is 0 Å². The van der Waals surface area contributed by atoms with Crippen molar-refractivity contribution in [2.45, 2.75) is 33.7 Å². The molecule has 0 saturated heterocycles. The zero-order valence-corrected chi connectivity index (χ0v) is 13.0. The molecule has 0 radical (unpaired) electrons. The van der Waals surface area contributed by atoms with E-state index in [2.05, 4.69) is 10.3 Å². The minimum atomic E-state index is -0.116. The number of nitrogen functional groups attached to an aromatic ring is 1. The average molecular weight is 289 g/mol. The number of hydrogen-bond acceptors (Lipinski definition) is 4. The van der Waals surface area contributed by atoms with Crippen LogP contribution >= 0.6 is 11.3 Å². The molecule has 1 aromatic carbocycles. The number of aromatic nitrogens is 1. The second kappa shape index (κ2) is 5.63. The van der Waals surface area contributed by atoms with E-state index in [1.807, 2.05) is 40.0 Å². The predicted octanol–water partition coefficient (Wildman–Crippen LogP) is 3.14. The van der Waals surface area contributed by atoms with Gasteiger partial charge in [-0.05, 0) is 44.9 Å². The van der Waals surface area contributed by atoms with Gasteiger partial charge in [-0.1, -0.05) is 6.07 Å². The number of nitrogens with zero attached hydrogens (tertiary/aromatic N) is 1. The number of nitrogens with one attached hydrogen (secondary N) is 1. The number of thiazole rings is 1. The number of rotatable bonds is 3. The summed E-state index contributed by atoms with van der Waals surface area (Å²) in [5.41, 5.74) is 9.05. The standard InChI is InChI=1S/C15H19N3OS/c1-8-5-9(2)13(16)6-12(8)14(19)18-11(4)15-17-7-10(3)20-15/h5-7,11H,16H2,1-4H3,(H,18,19). The first-order valence-electron chi connectivity index (χ1n) is 6.48. The predicted molar refractivity (Wildman–Crippen MR) is 83.1 cm³/mol. The van der Waals surface area contributed by atoms with Crippen LogP contribution < -0.4 is 11.1 Å². The molecular formula is C15H19N3OS. The first kappa shape index (κ1) is 14.5. The fourth-order valence-electron chi connectivity index (χ4n) is 2.02. The van der Waals surface area contributed by atoms with E-state index in [4.69, 9.17) is 5.73 Å². The first-order valence-corrected chi connectivity index (χ1v) is 7.30. The van der Waals surface area contributed by atoms with E-state index in [0.717, 1.165) is 21.0 Å². The number of benzene rings is 1. The van der Waals surface area contributed by atoms with Crippen molar-refractivity contribution in [3.63, 3.8) is 0 Å². The third-order valence-electron chi connectivity index (χ3n) is 3.21. The van der Waals surface area contributed by atoms with E-state index < -0.39 is 0 Å². The number of amides is 1.